The van der Waals surface area contributed by atoms with E-state index in [2.05, 4.69) is 15.3 Å². The molecule has 0 amide bonds. The Bertz CT molecular complexity index is 302. The van der Waals surface area contributed by atoms with Crippen LogP contribution in [0, 0.1) is 0 Å². The van der Waals surface area contributed by atoms with Crippen LogP contribution >= 0.6 is 11.6 Å². The maximum absolute atomic E-state index is 5.83. The summed E-state index contributed by atoms with van der Waals surface area (Å²) in [6, 6.07) is 0. The number of nitrogens with zero attached hydrogens (tertiary/aromatic N) is 2. The lowest BCUT2D eigenvalue weighted by atomic mass is 10.2. The van der Waals surface area contributed by atoms with E-state index in [4.69, 9.17) is 16.3 Å². The van der Waals surface area contributed by atoms with Crippen LogP contribution < -0.4 is 5.32 Å². The molecule has 2 heterocycles. The van der Waals surface area contributed by atoms with E-state index in [-0.39, 0.29) is 6.10 Å². The third-order valence-corrected chi connectivity index (χ3v) is 2.45. The second kappa shape index (κ2) is 4.57. The first-order valence-electron chi connectivity index (χ1n) is 4.68. The van der Waals surface area contributed by atoms with Crippen molar-refractivity contribution in [1.82, 2.24) is 9.97 Å². The second-order valence-electron chi connectivity index (χ2n) is 3.21. The molecular formula is C9H12ClN3O. The molecular weight excluding hydrogens is 202 g/mol. The van der Waals surface area contributed by atoms with Crippen molar-refractivity contribution < 1.29 is 4.74 Å². The summed E-state index contributed by atoms with van der Waals surface area (Å²) in [7, 11) is 0. The minimum absolute atomic E-state index is 0.285. The minimum Gasteiger partial charge on any atom is -0.376 e. The Kier molecular flexibility index (Phi) is 3.16. The molecule has 2 rings (SSSR count). The summed E-state index contributed by atoms with van der Waals surface area (Å²) in [5.74, 6) is 0.629. The molecule has 1 atom stereocenters. The molecule has 14 heavy (non-hydrogen) atoms. The fraction of sp³-hybridized carbons (Fsp3) is 0.556. The maximum atomic E-state index is 5.83. The van der Waals surface area contributed by atoms with Gasteiger partial charge in [-0.25, -0.2) is 9.97 Å². The summed E-state index contributed by atoms with van der Waals surface area (Å²) in [6.07, 6.45) is 5.71. The van der Waals surface area contributed by atoms with Crippen LogP contribution in [0.15, 0.2) is 12.4 Å². The number of halogens is 1. The van der Waals surface area contributed by atoms with E-state index in [1.165, 1.54) is 0 Å². The predicted molar refractivity (Wildman–Crippen MR) is 54.5 cm³/mol. The van der Waals surface area contributed by atoms with Crippen molar-refractivity contribution in [2.75, 3.05) is 18.5 Å². The number of ether oxygens (including phenoxy) is 1. The van der Waals surface area contributed by atoms with Crippen molar-refractivity contribution >= 4 is 17.4 Å². The highest BCUT2D eigenvalue weighted by atomic mass is 35.5. The Hall–Kier alpha value is -0.870. The van der Waals surface area contributed by atoms with Gasteiger partial charge in [0.1, 0.15) is 0 Å². The SMILES string of the molecule is Clc1nccnc1NC[C@@H]1CCCO1. The van der Waals surface area contributed by atoms with Crippen molar-refractivity contribution in [3.63, 3.8) is 0 Å². The Morgan fingerprint density at radius 1 is 1.50 bits per heavy atom. The van der Waals surface area contributed by atoms with Gasteiger partial charge in [0, 0.05) is 25.5 Å². The monoisotopic (exact) mass is 213 g/mol. The molecule has 1 aromatic heterocycles. The van der Waals surface area contributed by atoms with Gasteiger partial charge in [0.15, 0.2) is 11.0 Å². The van der Waals surface area contributed by atoms with Crippen molar-refractivity contribution in [3.05, 3.63) is 17.5 Å². The Balaban J connectivity index is 1.88. The van der Waals surface area contributed by atoms with Crippen LogP contribution in [0.25, 0.3) is 0 Å². The minimum atomic E-state index is 0.285. The van der Waals surface area contributed by atoms with Gasteiger partial charge in [0.05, 0.1) is 6.10 Å². The smallest absolute Gasteiger partial charge is 0.171 e. The first-order valence-corrected chi connectivity index (χ1v) is 5.06. The first kappa shape index (κ1) is 9.68. The number of rotatable bonds is 3. The van der Waals surface area contributed by atoms with Gasteiger partial charge in [-0.15, -0.1) is 0 Å². The van der Waals surface area contributed by atoms with Gasteiger partial charge in [-0.05, 0) is 12.8 Å². The molecule has 5 heteroatoms. The molecule has 4 nitrogen and oxygen atoms in total. The lowest BCUT2D eigenvalue weighted by Crippen LogP contribution is -2.19. The molecule has 1 aromatic rings. The predicted octanol–water partition coefficient (Wildman–Crippen LogP) is 1.72. The molecule has 0 radical (unpaired) electrons. The third kappa shape index (κ3) is 2.33. The van der Waals surface area contributed by atoms with E-state index < -0.39 is 0 Å². The van der Waals surface area contributed by atoms with Crippen molar-refractivity contribution in [1.29, 1.82) is 0 Å². The van der Waals surface area contributed by atoms with E-state index >= 15 is 0 Å². The lowest BCUT2D eigenvalue weighted by molar-refractivity contribution is 0.120. The standard InChI is InChI=1S/C9H12ClN3O/c10-8-9(12-4-3-11-8)13-6-7-2-1-5-14-7/h3-4,7H,1-2,5-6H2,(H,12,13)/t7-/m0/s1. The largest absolute Gasteiger partial charge is 0.376 e. The average Bonchev–Trinajstić information content (AvgIpc) is 2.69. The number of hydrogen-bond donors (Lipinski definition) is 1. The van der Waals surface area contributed by atoms with E-state index in [1.54, 1.807) is 12.4 Å². The Morgan fingerprint density at radius 2 is 2.36 bits per heavy atom. The van der Waals surface area contributed by atoms with Gasteiger partial charge in [-0.1, -0.05) is 11.6 Å². The van der Waals surface area contributed by atoms with Gasteiger partial charge in [0.25, 0.3) is 0 Å². The normalized spacial score (nSPS) is 21.1. The fourth-order valence-corrected chi connectivity index (χ4v) is 1.63. The van der Waals surface area contributed by atoms with Crippen LogP contribution in [-0.4, -0.2) is 29.2 Å². The number of hydrogen-bond acceptors (Lipinski definition) is 4. The molecule has 0 aliphatic carbocycles. The van der Waals surface area contributed by atoms with Gasteiger partial charge < -0.3 is 10.1 Å². The van der Waals surface area contributed by atoms with Crippen LogP contribution in [0.5, 0.6) is 0 Å². The number of anilines is 1. The third-order valence-electron chi connectivity index (χ3n) is 2.17. The molecule has 0 bridgehead atoms. The lowest BCUT2D eigenvalue weighted by Gasteiger charge is -2.11. The highest BCUT2D eigenvalue weighted by Gasteiger charge is 2.15. The van der Waals surface area contributed by atoms with Crippen molar-refractivity contribution in [2.45, 2.75) is 18.9 Å². The Morgan fingerprint density at radius 3 is 3.07 bits per heavy atom. The highest BCUT2D eigenvalue weighted by Crippen LogP contribution is 2.16. The van der Waals surface area contributed by atoms with E-state index in [9.17, 15) is 0 Å². The van der Waals surface area contributed by atoms with Crippen LogP contribution in [-0.2, 0) is 4.74 Å². The maximum Gasteiger partial charge on any atom is 0.171 e. The van der Waals surface area contributed by atoms with E-state index in [0.717, 1.165) is 26.0 Å². The summed E-state index contributed by atoms with van der Waals surface area (Å²) in [5, 5.41) is 3.53. The molecule has 1 fully saturated rings. The van der Waals surface area contributed by atoms with Crippen molar-refractivity contribution in [2.24, 2.45) is 0 Å². The zero-order valence-electron chi connectivity index (χ0n) is 7.74. The molecule has 0 aromatic carbocycles. The summed E-state index contributed by atoms with van der Waals surface area (Å²) in [4.78, 5) is 8.00. The van der Waals surface area contributed by atoms with Gasteiger partial charge in [-0.2, -0.15) is 0 Å². The fourth-order valence-electron chi connectivity index (χ4n) is 1.46. The Labute approximate surface area is 87.7 Å². The van der Waals surface area contributed by atoms with Gasteiger partial charge in [-0.3, -0.25) is 0 Å². The summed E-state index contributed by atoms with van der Waals surface area (Å²) in [5.41, 5.74) is 0. The van der Waals surface area contributed by atoms with Crippen LogP contribution in [0.1, 0.15) is 12.8 Å². The van der Waals surface area contributed by atoms with Crippen molar-refractivity contribution in [3.8, 4) is 0 Å². The van der Waals surface area contributed by atoms with Gasteiger partial charge in [0.2, 0.25) is 0 Å². The van der Waals surface area contributed by atoms with Crippen LogP contribution in [0.4, 0.5) is 5.82 Å². The molecule has 1 aliphatic heterocycles. The summed E-state index contributed by atoms with van der Waals surface area (Å²) in [6.45, 7) is 1.61. The zero-order valence-corrected chi connectivity index (χ0v) is 8.50. The topological polar surface area (TPSA) is 47.0 Å². The molecule has 1 saturated heterocycles. The van der Waals surface area contributed by atoms with Gasteiger partial charge >= 0.3 is 0 Å². The summed E-state index contributed by atoms with van der Waals surface area (Å²) < 4.78 is 5.46. The second-order valence-corrected chi connectivity index (χ2v) is 3.57. The number of nitrogens with one attached hydrogen (secondary N) is 1. The van der Waals surface area contributed by atoms with Crippen LogP contribution in [0.2, 0.25) is 5.15 Å². The molecule has 0 unspecified atom stereocenters. The first-order chi connectivity index (χ1) is 6.86. The van der Waals surface area contributed by atoms with E-state index in [0.29, 0.717) is 11.0 Å². The van der Waals surface area contributed by atoms with Crippen LogP contribution in [0.3, 0.4) is 0 Å². The molecule has 1 N–H and O–H groups in total. The quantitative estimate of drug-likeness (QED) is 0.831. The molecule has 76 valence electrons. The molecule has 0 saturated carbocycles. The zero-order chi connectivity index (χ0) is 9.80. The summed E-state index contributed by atoms with van der Waals surface area (Å²) >= 11 is 5.83. The molecule has 0 spiro atoms. The highest BCUT2D eigenvalue weighted by molar-refractivity contribution is 6.31. The molecule has 1 aliphatic rings. The average molecular weight is 214 g/mol. The van der Waals surface area contributed by atoms with E-state index in [1.807, 2.05) is 0 Å². The number of aromatic nitrogens is 2.